The zero-order valence-corrected chi connectivity index (χ0v) is 9.07. The van der Waals surface area contributed by atoms with Crippen molar-refractivity contribution in [1.29, 1.82) is 0 Å². The third-order valence-electron chi connectivity index (χ3n) is 2.37. The molecule has 0 bridgehead atoms. The molecule has 0 unspecified atom stereocenters. The number of halogens is 2. The zero-order valence-electron chi connectivity index (χ0n) is 9.07. The fraction of sp³-hybridized carbons (Fsp3) is 0.455. The molecule has 1 heterocycles. The Bertz CT molecular complexity index is 381. The molecule has 0 spiro atoms. The Kier molecular flexibility index (Phi) is 3.63. The highest BCUT2D eigenvalue weighted by atomic mass is 19.3. The summed E-state index contributed by atoms with van der Waals surface area (Å²) < 4.78 is 39.4. The normalized spacial score (nSPS) is 19.6. The number of alkyl halides is 2. The van der Waals surface area contributed by atoms with Crippen LogP contribution in [0.25, 0.3) is 0 Å². The van der Waals surface area contributed by atoms with Gasteiger partial charge in [0.15, 0.2) is 11.5 Å². The van der Waals surface area contributed by atoms with Gasteiger partial charge >= 0.3 is 6.61 Å². The van der Waals surface area contributed by atoms with Gasteiger partial charge in [0.1, 0.15) is 6.10 Å². The molecule has 4 nitrogen and oxygen atoms in total. The minimum Gasteiger partial charge on any atom is -0.484 e. The minimum atomic E-state index is -2.89. The summed E-state index contributed by atoms with van der Waals surface area (Å²) in [6.45, 7) is -1.83. The van der Waals surface area contributed by atoms with E-state index in [1.807, 2.05) is 0 Å². The van der Waals surface area contributed by atoms with Crippen LogP contribution in [0.3, 0.4) is 0 Å². The van der Waals surface area contributed by atoms with E-state index in [0.29, 0.717) is 18.9 Å². The van der Waals surface area contributed by atoms with Gasteiger partial charge in [0, 0.05) is 18.2 Å². The fourth-order valence-corrected chi connectivity index (χ4v) is 1.60. The average Bonchev–Trinajstić information content (AvgIpc) is 2.74. The molecule has 1 aliphatic rings. The lowest BCUT2D eigenvalue weighted by atomic mass is 10.2. The molecule has 1 fully saturated rings. The minimum absolute atomic E-state index is 0.0129. The fourth-order valence-electron chi connectivity index (χ4n) is 1.60. The molecule has 1 aromatic carbocycles. The van der Waals surface area contributed by atoms with Crippen molar-refractivity contribution in [2.45, 2.75) is 19.1 Å². The molecule has 0 aromatic heterocycles. The van der Waals surface area contributed by atoms with Crippen molar-refractivity contribution in [2.75, 3.05) is 18.9 Å². The predicted molar refractivity (Wildman–Crippen MR) is 57.3 cm³/mol. The van der Waals surface area contributed by atoms with Crippen molar-refractivity contribution in [3.05, 3.63) is 18.2 Å². The van der Waals surface area contributed by atoms with Crippen LogP contribution in [0.2, 0.25) is 0 Å². The maximum atomic E-state index is 12.2. The van der Waals surface area contributed by atoms with Crippen molar-refractivity contribution >= 4 is 5.69 Å². The van der Waals surface area contributed by atoms with Crippen molar-refractivity contribution in [1.82, 2.24) is 0 Å². The molecule has 2 rings (SSSR count). The molecule has 0 radical (unpaired) electrons. The van der Waals surface area contributed by atoms with Crippen LogP contribution in [-0.4, -0.2) is 25.9 Å². The van der Waals surface area contributed by atoms with E-state index in [1.54, 1.807) is 0 Å². The van der Waals surface area contributed by atoms with Crippen LogP contribution in [0.5, 0.6) is 11.5 Å². The first-order valence-electron chi connectivity index (χ1n) is 5.24. The number of nitrogens with two attached hydrogens (primary N) is 1. The lowest BCUT2D eigenvalue weighted by Crippen LogP contribution is -2.17. The molecule has 1 aromatic rings. The number of nitrogen functional groups attached to an aromatic ring is 1. The highest BCUT2D eigenvalue weighted by Gasteiger charge is 2.20. The summed E-state index contributed by atoms with van der Waals surface area (Å²) >= 11 is 0. The first-order chi connectivity index (χ1) is 8.15. The molecular weight excluding hydrogens is 232 g/mol. The maximum Gasteiger partial charge on any atom is 0.387 e. The summed E-state index contributed by atoms with van der Waals surface area (Å²) in [5.74, 6) is 0.210. The van der Waals surface area contributed by atoms with Gasteiger partial charge < -0.3 is 19.9 Å². The van der Waals surface area contributed by atoms with Crippen LogP contribution >= 0.6 is 0 Å². The first kappa shape index (κ1) is 11.9. The van der Waals surface area contributed by atoms with Crippen molar-refractivity contribution < 1.29 is 23.0 Å². The second kappa shape index (κ2) is 5.18. The predicted octanol–water partition coefficient (Wildman–Crippen LogP) is 2.04. The summed E-state index contributed by atoms with van der Waals surface area (Å²) in [5.41, 5.74) is 6.01. The van der Waals surface area contributed by atoms with E-state index in [9.17, 15) is 8.78 Å². The Morgan fingerprint density at radius 2 is 2.18 bits per heavy atom. The van der Waals surface area contributed by atoms with E-state index in [0.717, 1.165) is 6.42 Å². The third kappa shape index (κ3) is 3.20. The van der Waals surface area contributed by atoms with Gasteiger partial charge in [0.25, 0.3) is 0 Å². The summed E-state index contributed by atoms with van der Waals surface area (Å²) in [6, 6.07) is 4.32. The number of hydrogen-bond acceptors (Lipinski definition) is 4. The second-order valence-corrected chi connectivity index (χ2v) is 3.69. The molecule has 17 heavy (non-hydrogen) atoms. The Labute approximate surface area is 97.3 Å². The maximum absolute atomic E-state index is 12.2. The van der Waals surface area contributed by atoms with Gasteiger partial charge in [0.05, 0.1) is 13.2 Å². The Hall–Kier alpha value is -1.56. The molecule has 6 heteroatoms. The average molecular weight is 245 g/mol. The van der Waals surface area contributed by atoms with Crippen LogP contribution in [0, 0.1) is 0 Å². The number of hydrogen-bond donors (Lipinski definition) is 1. The number of ether oxygens (including phenoxy) is 3. The second-order valence-electron chi connectivity index (χ2n) is 3.69. The Morgan fingerprint density at radius 1 is 1.35 bits per heavy atom. The first-order valence-corrected chi connectivity index (χ1v) is 5.24. The molecule has 1 aliphatic heterocycles. The van der Waals surface area contributed by atoms with Crippen molar-refractivity contribution in [3.8, 4) is 11.5 Å². The zero-order chi connectivity index (χ0) is 12.3. The van der Waals surface area contributed by atoms with Gasteiger partial charge in [-0.05, 0) is 12.1 Å². The topological polar surface area (TPSA) is 53.7 Å². The van der Waals surface area contributed by atoms with Crippen LogP contribution in [0.4, 0.5) is 14.5 Å². The van der Waals surface area contributed by atoms with Gasteiger partial charge in [-0.15, -0.1) is 0 Å². The number of rotatable bonds is 4. The van der Waals surface area contributed by atoms with Crippen molar-refractivity contribution in [3.63, 3.8) is 0 Å². The highest BCUT2D eigenvalue weighted by Crippen LogP contribution is 2.32. The van der Waals surface area contributed by atoms with Gasteiger partial charge in [-0.3, -0.25) is 0 Å². The van der Waals surface area contributed by atoms with Gasteiger partial charge in [-0.2, -0.15) is 8.78 Å². The molecule has 2 N–H and O–H groups in total. The smallest absolute Gasteiger partial charge is 0.387 e. The van der Waals surface area contributed by atoms with E-state index in [2.05, 4.69) is 4.74 Å². The van der Waals surface area contributed by atoms with Crippen molar-refractivity contribution in [2.24, 2.45) is 0 Å². The molecule has 1 saturated heterocycles. The summed E-state index contributed by atoms with van der Waals surface area (Å²) in [5, 5.41) is 0. The highest BCUT2D eigenvalue weighted by molar-refractivity contribution is 5.52. The van der Waals surface area contributed by atoms with Crippen LogP contribution in [-0.2, 0) is 4.74 Å². The van der Waals surface area contributed by atoms with Gasteiger partial charge in [-0.25, -0.2) is 0 Å². The quantitative estimate of drug-likeness (QED) is 0.825. The SMILES string of the molecule is Nc1ccc(OC(F)F)c(O[C@H]2CCOC2)c1. The molecule has 1 atom stereocenters. The molecule has 0 aliphatic carbocycles. The standard InChI is InChI=1S/C11H13F2NO3/c12-11(13)17-9-2-1-7(14)5-10(9)16-8-3-4-15-6-8/h1-2,5,8,11H,3-4,6,14H2/t8-/m0/s1. The molecule has 0 saturated carbocycles. The van der Waals surface area contributed by atoms with Gasteiger partial charge in [0.2, 0.25) is 0 Å². The monoisotopic (exact) mass is 245 g/mol. The summed E-state index contributed by atoms with van der Waals surface area (Å²) in [6.07, 6.45) is 0.583. The molecule has 94 valence electrons. The van der Waals surface area contributed by atoms with E-state index in [-0.39, 0.29) is 17.6 Å². The Balaban J connectivity index is 2.13. The number of anilines is 1. The van der Waals surface area contributed by atoms with E-state index >= 15 is 0 Å². The molecular formula is C11H13F2NO3. The third-order valence-corrected chi connectivity index (χ3v) is 2.37. The van der Waals surface area contributed by atoms with Crippen LogP contribution in [0.1, 0.15) is 6.42 Å². The van der Waals surface area contributed by atoms with Gasteiger partial charge in [-0.1, -0.05) is 0 Å². The van der Waals surface area contributed by atoms with E-state index < -0.39 is 6.61 Å². The largest absolute Gasteiger partial charge is 0.484 e. The Morgan fingerprint density at radius 3 is 2.82 bits per heavy atom. The lowest BCUT2D eigenvalue weighted by molar-refractivity contribution is -0.0520. The van der Waals surface area contributed by atoms with E-state index in [1.165, 1.54) is 18.2 Å². The van der Waals surface area contributed by atoms with E-state index in [4.69, 9.17) is 15.2 Å². The summed E-state index contributed by atoms with van der Waals surface area (Å²) in [4.78, 5) is 0. The lowest BCUT2D eigenvalue weighted by Gasteiger charge is -2.16. The number of benzene rings is 1. The van der Waals surface area contributed by atoms with Crippen LogP contribution < -0.4 is 15.2 Å². The molecule has 0 amide bonds. The summed E-state index contributed by atoms with van der Waals surface area (Å²) in [7, 11) is 0. The van der Waals surface area contributed by atoms with Crippen LogP contribution in [0.15, 0.2) is 18.2 Å².